The maximum absolute atomic E-state index is 13.3. The number of thioether (sulfide) groups is 1. The van der Waals surface area contributed by atoms with Crippen LogP contribution in [0.2, 0.25) is 0 Å². The molecule has 0 radical (unpaired) electrons. The Hall–Kier alpha value is -2.65. The third-order valence-corrected chi connectivity index (χ3v) is 6.94. The van der Waals surface area contributed by atoms with Crippen LogP contribution in [0.4, 0.5) is 0 Å². The minimum Gasteiger partial charge on any atom is -0.361 e. The molecule has 0 saturated heterocycles. The van der Waals surface area contributed by atoms with Gasteiger partial charge in [0.25, 0.3) is 5.91 Å². The summed E-state index contributed by atoms with van der Waals surface area (Å²) in [6.45, 7) is 8.34. The van der Waals surface area contributed by atoms with Gasteiger partial charge in [0.15, 0.2) is 4.96 Å². The van der Waals surface area contributed by atoms with E-state index in [0.717, 1.165) is 33.4 Å². The Morgan fingerprint density at radius 1 is 1.27 bits per heavy atom. The Kier molecular flexibility index (Phi) is 5.66. The summed E-state index contributed by atoms with van der Waals surface area (Å²) in [4.78, 5) is 26.2. The SMILES string of the molecule is Cc1cn2c(CN(C)C(=O)c3cccnc3SCc3c(C)noc3C)c(C)nc2s1. The van der Waals surface area contributed by atoms with Crippen molar-refractivity contribution >= 4 is 34.0 Å². The molecule has 0 saturated carbocycles. The first-order valence-corrected chi connectivity index (χ1v) is 11.3. The average molecular weight is 442 g/mol. The molecular weight excluding hydrogens is 418 g/mol. The number of fused-ring (bicyclic) bond motifs is 1. The molecule has 0 atom stereocenters. The Bertz CT molecular complexity index is 1200. The molecule has 1 amide bonds. The van der Waals surface area contributed by atoms with Crippen molar-refractivity contribution in [1.29, 1.82) is 0 Å². The third-order valence-electron chi connectivity index (χ3n) is 5.01. The minimum atomic E-state index is -0.0642. The number of rotatable bonds is 6. The van der Waals surface area contributed by atoms with Gasteiger partial charge in [0, 0.05) is 35.6 Å². The van der Waals surface area contributed by atoms with Gasteiger partial charge in [-0.1, -0.05) is 5.16 Å². The second-order valence-corrected chi connectivity index (χ2v) is 9.42. The van der Waals surface area contributed by atoms with Gasteiger partial charge in [-0.25, -0.2) is 9.97 Å². The molecule has 0 bridgehead atoms. The molecular formula is C21H23N5O2S2. The molecule has 0 aliphatic carbocycles. The van der Waals surface area contributed by atoms with Crippen LogP contribution in [0.3, 0.4) is 0 Å². The predicted molar refractivity (Wildman–Crippen MR) is 118 cm³/mol. The fourth-order valence-electron chi connectivity index (χ4n) is 3.32. The number of hydrogen-bond acceptors (Lipinski definition) is 7. The van der Waals surface area contributed by atoms with E-state index in [1.807, 2.05) is 33.9 Å². The molecule has 4 aromatic rings. The smallest absolute Gasteiger partial charge is 0.256 e. The number of nitrogens with zero attached hydrogens (tertiary/aromatic N) is 5. The molecule has 0 unspecified atom stereocenters. The number of thiazole rings is 1. The lowest BCUT2D eigenvalue weighted by Gasteiger charge is -2.18. The number of aromatic nitrogens is 4. The van der Waals surface area contributed by atoms with E-state index < -0.39 is 0 Å². The summed E-state index contributed by atoms with van der Waals surface area (Å²) in [6.07, 6.45) is 3.79. The van der Waals surface area contributed by atoms with Crippen molar-refractivity contribution in [2.75, 3.05) is 7.05 Å². The molecule has 0 spiro atoms. The summed E-state index contributed by atoms with van der Waals surface area (Å²) in [7, 11) is 1.82. The van der Waals surface area contributed by atoms with E-state index in [0.29, 0.717) is 22.9 Å². The largest absolute Gasteiger partial charge is 0.361 e. The van der Waals surface area contributed by atoms with Crippen molar-refractivity contribution in [2.45, 2.75) is 45.0 Å². The van der Waals surface area contributed by atoms with Crippen molar-refractivity contribution in [1.82, 2.24) is 24.4 Å². The van der Waals surface area contributed by atoms with E-state index in [-0.39, 0.29) is 5.91 Å². The average Bonchev–Trinajstić information content (AvgIpc) is 3.33. The first-order valence-electron chi connectivity index (χ1n) is 9.54. The summed E-state index contributed by atoms with van der Waals surface area (Å²) in [5.41, 5.74) is 4.48. The fourth-order valence-corrected chi connectivity index (χ4v) is 5.35. The van der Waals surface area contributed by atoms with Gasteiger partial charge in [0.05, 0.1) is 29.2 Å². The number of hydrogen-bond donors (Lipinski definition) is 0. The van der Waals surface area contributed by atoms with Gasteiger partial charge >= 0.3 is 0 Å². The number of imidazole rings is 1. The second kappa shape index (κ2) is 8.23. The first-order chi connectivity index (χ1) is 14.3. The molecule has 0 aromatic carbocycles. The fraction of sp³-hybridized carbons (Fsp3) is 0.333. The van der Waals surface area contributed by atoms with Crippen molar-refractivity contribution in [3.63, 3.8) is 0 Å². The van der Waals surface area contributed by atoms with E-state index in [2.05, 4.69) is 32.6 Å². The van der Waals surface area contributed by atoms with E-state index >= 15 is 0 Å². The lowest BCUT2D eigenvalue weighted by atomic mass is 10.2. The molecule has 0 aliphatic heterocycles. The number of pyridine rings is 1. The standard InChI is InChI=1S/C21H23N5O2S2/c1-12-9-26-18(14(3)23-21(26)30-12)10-25(5)20(27)16-7-6-8-22-19(16)29-11-17-13(2)24-28-15(17)4/h6-9H,10-11H2,1-5H3. The number of carbonyl (C=O) groups excluding carboxylic acids is 1. The topological polar surface area (TPSA) is 76.5 Å². The van der Waals surface area contributed by atoms with Crippen molar-refractivity contribution < 1.29 is 9.32 Å². The number of amides is 1. The number of carbonyl (C=O) groups is 1. The quantitative estimate of drug-likeness (QED) is 0.408. The zero-order valence-corrected chi connectivity index (χ0v) is 19.2. The molecule has 156 valence electrons. The summed E-state index contributed by atoms with van der Waals surface area (Å²) in [5.74, 6) is 1.39. The van der Waals surface area contributed by atoms with Gasteiger partial charge in [0.1, 0.15) is 10.8 Å². The highest BCUT2D eigenvalue weighted by atomic mass is 32.2. The second-order valence-electron chi connectivity index (χ2n) is 7.25. The Balaban J connectivity index is 1.55. The van der Waals surface area contributed by atoms with Gasteiger partial charge in [-0.05, 0) is 39.8 Å². The van der Waals surface area contributed by atoms with Crippen LogP contribution in [0.1, 0.15) is 43.6 Å². The lowest BCUT2D eigenvalue weighted by molar-refractivity contribution is 0.0778. The normalized spacial score (nSPS) is 11.4. The molecule has 4 rings (SSSR count). The Labute approximate surface area is 183 Å². The van der Waals surface area contributed by atoms with Crippen LogP contribution in [0.15, 0.2) is 34.1 Å². The van der Waals surface area contributed by atoms with Crippen LogP contribution in [0.5, 0.6) is 0 Å². The molecule has 9 heteroatoms. The highest BCUT2D eigenvalue weighted by Gasteiger charge is 2.21. The highest BCUT2D eigenvalue weighted by Crippen LogP contribution is 2.28. The summed E-state index contributed by atoms with van der Waals surface area (Å²) in [6, 6.07) is 3.63. The molecule has 0 aliphatic rings. The molecule has 7 nitrogen and oxygen atoms in total. The Morgan fingerprint density at radius 2 is 2.07 bits per heavy atom. The Morgan fingerprint density at radius 3 is 2.80 bits per heavy atom. The molecule has 30 heavy (non-hydrogen) atoms. The van der Waals surface area contributed by atoms with E-state index in [1.54, 1.807) is 28.5 Å². The lowest BCUT2D eigenvalue weighted by Crippen LogP contribution is -2.27. The van der Waals surface area contributed by atoms with E-state index in [1.165, 1.54) is 16.6 Å². The third kappa shape index (κ3) is 3.87. The minimum absolute atomic E-state index is 0.0642. The summed E-state index contributed by atoms with van der Waals surface area (Å²) < 4.78 is 7.32. The van der Waals surface area contributed by atoms with Gasteiger partial charge in [-0.3, -0.25) is 9.20 Å². The van der Waals surface area contributed by atoms with Gasteiger partial charge in [-0.15, -0.1) is 23.1 Å². The van der Waals surface area contributed by atoms with Crippen LogP contribution < -0.4 is 0 Å². The van der Waals surface area contributed by atoms with Crippen LogP contribution in [0.25, 0.3) is 4.96 Å². The molecule has 0 N–H and O–H groups in total. The first kappa shape index (κ1) is 20.6. The van der Waals surface area contributed by atoms with Crippen LogP contribution in [-0.2, 0) is 12.3 Å². The maximum atomic E-state index is 13.3. The van der Waals surface area contributed by atoms with Crippen LogP contribution >= 0.6 is 23.1 Å². The van der Waals surface area contributed by atoms with Crippen molar-refractivity contribution in [2.24, 2.45) is 0 Å². The van der Waals surface area contributed by atoms with Gasteiger partial charge < -0.3 is 9.42 Å². The number of aryl methyl sites for hydroxylation is 4. The van der Waals surface area contributed by atoms with Crippen LogP contribution in [0, 0.1) is 27.7 Å². The van der Waals surface area contributed by atoms with E-state index in [4.69, 9.17) is 4.52 Å². The summed E-state index contributed by atoms with van der Waals surface area (Å²) >= 11 is 3.17. The molecule has 4 aromatic heterocycles. The van der Waals surface area contributed by atoms with Gasteiger partial charge in [0.2, 0.25) is 0 Å². The molecule has 4 heterocycles. The zero-order chi connectivity index (χ0) is 21.4. The predicted octanol–water partition coefficient (Wildman–Crippen LogP) is 4.58. The monoisotopic (exact) mass is 441 g/mol. The summed E-state index contributed by atoms with van der Waals surface area (Å²) in [5, 5.41) is 4.70. The zero-order valence-electron chi connectivity index (χ0n) is 17.6. The van der Waals surface area contributed by atoms with E-state index in [9.17, 15) is 4.79 Å². The maximum Gasteiger partial charge on any atom is 0.256 e. The van der Waals surface area contributed by atoms with Crippen LogP contribution in [-0.4, -0.2) is 37.4 Å². The van der Waals surface area contributed by atoms with Gasteiger partial charge in [-0.2, -0.15) is 0 Å². The highest BCUT2D eigenvalue weighted by molar-refractivity contribution is 7.98. The van der Waals surface area contributed by atoms with Crippen molar-refractivity contribution in [3.05, 3.63) is 63.4 Å². The molecule has 0 fully saturated rings. The van der Waals surface area contributed by atoms with Crippen molar-refractivity contribution in [3.8, 4) is 0 Å².